The van der Waals surface area contributed by atoms with Gasteiger partial charge in [-0.15, -0.1) is 11.3 Å². The number of non-ortho nitro benzene ring substituents is 1. The molecule has 0 saturated carbocycles. The summed E-state index contributed by atoms with van der Waals surface area (Å²) in [4.78, 5) is 47.2. The van der Waals surface area contributed by atoms with Gasteiger partial charge in [0.2, 0.25) is 5.91 Å². The predicted octanol–water partition coefficient (Wildman–Crippen LogP) is 3.74. The highest BCUT2D eigenvalue weighted by molar-refractivity contribution is 7.18. The number of anilines is 2. The molecule has 0 aliphatic rings. The molecule has 28 heavy (non-hydrogen) atoms. The molecule has 1 aromatic carbocycles. The molecular formula is C18H19N3O6S. The summed E-state index contributed by atoms with van der Waals surface area (Å²) < 4.78 is 4.76. The summed E-state index contributed by atoms with van der Waals surface area (Å²) in [5.74, 6) is -1.50. The van der Waals surface area contributed by atoms with Gasteiger partial charge in [-0.2, -0.15) is 0 Å². The molecule has 0 saturated heterocycles. The van der Waals surface area contributed by atoms with Crippen molar-refractivity contribution in [1.29, 1.82) is 0 Å². The van der Waals surface area contributed by atoms with E-state index in [2.05, 4.69) is 10.6 Å². The lowest BCUT2D eigenvalue weighted by Crippen LogP contribution is -2.14. The van der Waals surface area contributed by atoms with Crippen molar-refractivity contribution in [3.05, 3.63) is 50.4 Å². The molecule has 0 aliphatic heterocycles. The number of esters is 1. The normalized spacial score (nSPS) is 10.2. The summed E-state index contributed by atoms with van der Waals surface area (Å²) in [7, 11) is 1.21. The quantitative estimate of drug-likeness (QED) is 0.410. The standard InChI is InChI=1S/C18H19N3O6S/c1-4-6-13(22)20-17-14(18(24)27-3)10(2)15(28-17)16(23)19-11-7-5-8-12(9-11)21(25)26/h5,7-9H,4,6H2,1-3H3,(H,19,23)(H,20,22). The van der Waals surface area contributed by atoms with E-state index in [-0.39, 0.29) is 39.1 Å². The Balaban J connectivity index is 2.36. The van der Waals surface area contributed by atoms with E-state index in [4.69, 9.17) is 4.74 Å². The Hall–Kier alpha value is -3.27. The highest BCUT2D eigenvalue weighted by Gasteiger charge is 2.26. The minimum absolute atomic E-state index is 0.112. The van der Waals surface area contributed by atoms with Gasteiger partial charge in [-0.05, 0) is 25.0 Å². The molecule has 0 unspecified atom stereocenters. The predicted molar refractivity (Wildman–Crippen MR) is 105 cm³/mol. The zero-order valence-corrected chi connectivity index (χ0v) is 16.3. The van der Waals surface area contributed by atoms with Crippen molar-refractivity contribution < 1.29 is 24.0 Å². The Morgan fingerprint density at radius 1 is 1.25 bits per heavy atom. The van der Waals surface area contributed by atoms with Crippen molar-refractivity contribution in [1.82, 2.24) is 0 Å². The molecule has 0 spiro atoms. The number of carbonyl (C=O) groups excluding carboxylic acids is 3. The number of nitro benzene ring substituents is 1. The monoisotopic (exact) mass is 405 g/mol. The number of thiophene rings is 1. The van der Waals surface area contributed by atoms with Gasteiger partial charge in [0.05, 0.1) is 22.5 Å². The summed E-state index contributed by atoms with van der Waals surface area (Å²) in [5, 5.41) is 16.3. The first kappa shape index (κ1) is 21.0. The average Bonchev–Trinajstić information content (AvgIpc) is 2.97. The first-order valence-electron chi connectivity index (χ1n) is 8.35. The van der Waals surface area contributed by atoms with Gasteiger partial charge in [-0.25, -0.2) is 4.79 Å². The third-order valence-electron chi connectivity index (χ3n) is 3.79. The molecule has 10 heteroatoms. The number of carbonyl (C=O) groups is 3. The van der Waals surface area contributed by atoms with Crippen LogP contribution in [-0.2, 0) is 9.53 Å². The van der Waals surface area contributed by atoms with Crippen LogP contribution < -0.4 is 10.6 Å². The zero-order valence-electron chi connectivity index (χ0n) is 15.5. The Morgan fingerprint density at radius 2 is 1.96 bits per heavy atom. The largest absolute Gasteiger partial charge is 0.465 e. The summed E-state index contributed by atoms with van der Waals surface area (Å²) >= 11 is 0.943. The number of hydrogen-bond donors (Lipinski definition) is 2. The number of ether oxygens (including phenoxy) is 1. The number of benzene rings is 1. The minimum atomic E-state index is -0.671. The second kappa shape index (κ2) is 9.09. The fourth-order valence-electron chi connectivity index (χ4n) is 2.47. The van der Waals surface area contributed by atoms with Gasteiger partial charge in [0.15, 0.2) is 0 Å². The topological polar surface area (TPSA) is 128 Å². The van der Waals surface area contributed by atoms with E-state index in [0.29, 0.717) is 12.0 Å². The highest BCUT2D eigenvalue weighted by atomic mass is 32.1. The fourth-order valence-corrected chi connectivity index (χ4v) is 3.57. The Labute approximate surface area is 164 Å². The number of methoxy groups -OCH3 is 1. The van der Waals surface area contributed by atoms with E-state index in [0.717, 1.165) is 11.3 Å². The third-order valence-corrected chi connectivity index (χ3v) is 4.99. The number of hydrogen-bond acceptors (Lipinski definition) is 7. The summed E-state index contributed by atoms with van der Waals surface area (Å²) in [5.41, 5.74) is 0.541. The molecule has 0 atom stereocenters. The molecule has 1 aromatic heterocycles. The molecule has 2 amide bonds. The van der Waals surface area contributed by atoms with E-state index in [1.165, 1.54) is 31.4 Å². The van der Waals surface area contributed by atoms with Crippen molar-refractivity contribution in [3.8, 4) is 0 Å². The molecule has 2 aromatic rings. The lowest BCUT2D eigenvalue weighted by atomic mass is 10.1. The Morgan fingerprint density at radius 3 is 2.57 bits per heavy atom. The van der Waals surface area contributed by atoms with Crippen molar-refractivity contribution in [2.75, 3.05) is 17.7 Å². The van der Waals surface area contributed by atoms with Crippen LogP contribution in [0.3, 0.4) is 0 Å². The van der Waals surface area contributed by atoms with Crippen molar-refractivity contribution >= 4 is 45.5 Å². The molecule has 148 valence electrons. The lowest BCUT2D eigenvalue weighted by Gasteiger charge is -2.05. The number of amides is 2. The Kier molecular flexibility index (Phi) is 6.83. The van der Waals surface area contributed by atoms with Gasteiger partial charge in [-0.3, -0.25) is 19.7 Å². The van der Waals surface area contributed by atoms with Crippen LogP contribution in [-0.4, -0.2) is 29.8 Å². The van der Waals surface area contributed by atoms with Crippen molar-refractivity contribution in [3.63, 3.8) is 0 Å². The number of nitrogens with one attached hydrogen (secondary N) is 2. The zero-order chi connectivity index (χ0) is 20.8. The van der Waals surface area contributed by atoms with Crippen LogP contribution in [0.5, 0.6) is 0 Å². The fraction of sp³-hybridized carbons (Fsp3) is 0.278. The van der Waals surface area contributed by atoms with E-state index in [9.17, 15) is 24.5 Å². The summed E-state index contributed by atoms with van der Waals surface area (Å²) in [6, 6.07) is 5.50. The molecule has 2 rings (SSSR count). The minimum Gasteiger partial charge on any atom is -0.465 e. The van der Waals surface area contributed by atoms with Gasteiger partial charge in [0, 0.05) is 24.2 Å². The van der Waals surface area contributed by atoms with Gasteiger partial charge in [-0.1, -0.05) is 13.0 Å². The van der Waals surface area contributed by atoms with E-state index >= 15 is 0 Å². The third kappa shape index (κ3) is 4.71. The van der Waals surface area contributed by atoms with Gasteiger partial charge in [0.25, 0.3) is 11.6 Å². The van der Waals surface area contributed by atoms with Crippen LogP contribution in [0.1, 0.15) is 45.4 Å². The van der Waals surface area contributed by atoms with Crippen molar-refractivity contribution in [2.24, 2.45) is 0 Å². The van der Waals surface area contributed by atoms with Crippen LogP contribution in [0.2, 0.25) is 0 Å². The first-order valence-corrected chi connectivity index (χ1v) is 9.17. The van der Waals surface area contributed by atoms with Gasteiger partial charge >= 0.3 is 5.97 Å². The maximum absolute atomic E-state index is 12.7. The summed E-state index contributed by atoms with van der Waals surface area (Å²) in [6.07, 6.45) is 0.899. The molecule has 0 bridgehead atoms. The molecule has 2 N–H and O–H groups in total. The molecule has 0 aliphatic carbocycles. The molecule has 1 heterocycles. The number of nitro groups is 1. The van der Waals surface area contributed by atoms with Gasteiger partial charge in [0.1, 0.15) is 5.00 Å². The maximum Gasteiger partial charge on any atom is 0.341 e. The van der Waals surface area contributed by atoms with E-state index < -0.39 is 16.8 Å². The SMILES string of the molecule is CCCC(=O)Nc1sc(C(=O)Nc2cccc([N+](=O)[O-])c2)c(C)c1C(=O)OC. The van der Waals surface area contributed by atoms with E-state index in [1.54, 1.807) is 6.92 Å². The lowest BCUT2D eigenvalue weighted by molar-refractivity contribution is -0.384. The molecule has 0 fully saturated rings. The smallest absolute Gasteiger partial charge is 0.341 e. The van der Waals surface area contributed by atoms with Crippen LogP contribution in [0.25, 0.3) is 0 Å². The average molecular weight is 405 g/mol. The number of rotatable bonds is 7. The molecule has 0 radical (unpaired) electrons. The second-order valence-electron chi connectivity index (χ2n) is 5.81. The number of nitrogens with zero attached hydrogens (tertiary/aromatic N) is 1. The maximum atomic E-state index is 12.7. The van der Waals surface area contributed by atoms with E-state index in [1.807, 2.05) is 6.92 Å². The van der Waals surface area contributed by atoms with Gasteiger partial charge < -0.3 is 15.4 Å². The summed E-state index contributed by atoms with van der Waals surface area (Å²) in [6.45, 7) is 3.42. The van der Waals surface area contributed by atoms with Crippen LogP contribution in [0.15, 0.2) is 24.3 Å². The van der Waals surface area contributed by atoms with Crippen LogP contribution >= 0.6 is 11.3 Å². The van der Waals surface area contributed by atoms with Crippen LogP contribution in [0.4, 0.5) is 16.4 Å². The first-order chi connectivity index (χ1) is 13.3. The second-order valence-corrected chi connectivity index (χ2v) is 6.83. The molecule has 9 nitrogen and oxygen atoms in total. The highest BCUT2D eigenvalue weighted by Crippen LogP contribution is 2.34. The Bertz CT molecular complexity index is 937. The van der Waals surface area contributed by atoms with Crippen LogP contribution in [0, 0.1) is 17.0 Å². The van der Waals surface area contributed by atoms with Crippen molar-refractivity contribution in [2.45, 2.75) is 26.7 Å². The molecular weight excluding hydrogens is 386 g/mol.